The minimum atomic E-state index is 0.655. The van der Waals surface area contributed by atoms with Crippen molar-refractivity contribution in [3.8, 4) is 0 Å². The topological polar surface area (TPSA) is 12.4 Å². The number of nitrogens with zero attached hydrogens (tertiary/aromatic N) is 1. The molecule has 0 saturated carbocycles. The van der Waals surface area contributed by atoms with E-state index in [1.54, 1.807) is 0 Å². The van der Waals surface area contributed by atoms with Gasteiger partial charge in [0.05, 0.1) is 0 Å². The van der Waals surface area contributed by atoms with E-state index in [-0.39, 0.29) is 0 Å². The minimum absolute atomic E-state index is 0.655. The first-order valence-electron chi connectivity index (χ1n) is 4.90. The van der Waals surface area contributed by atoms with Gasteiger partial charge in [0.2, 0.25) is 0 Å². The van der Waals surface area contributed by atoms with Crippen LogP contribution in [0.4, 0.5) is 0 Å². The number of hydrogen-bond donors (Lipinski definition) is 0. The average Bonchev–Trinajstić information content (AvgIpc) is 2.07. The van der Waals surface area contributed by atoms with Gasteiger partial charge in [-0.2, -0.15) is 0 Å². The molecular weight excluding hydrogens is 134 g/mol. The maximum atomic E-state index is 4.55. The summed E-state index contributed by atoms with van der Waals surface area (Å²) < 4.78 is 0. The van der Waals surface area contributed by atoms with Crippen LogP contribution in [0.1, 0.15) is 46.0 Å². The predicted octanol–water partition coefficient (Wildman–Crippen LogP) is 3.05. The van der Waals surface area contributed by atoms with Crippen molar-refractivity contribution in [1.29, 1.82) is 0 Å². The molecule has 1 rings (SSSR count). The summed E-state index contributed by atoms with van der Waals surface area (Å²) in [4.78, 5) is 4.55. The molecule has 11 heavy (non-hydrogen) atoms. The number of aliphatic imine (C=N–C) groups is 1. The van der Waals surface area contributed by atoms with Gasteiger partial charge in [-0.05, 0) is 31.6 Å². The first kappa shape index (κ1) is 8.76. The van der Waals surface area contributed by atoms with E-state index in [0.29, 0.717) is 6.04 Å². The van der Waals surface area contributed by atoms with Crippen molar-refractivity contribution in [1.82, 2.24) is 0 Å². The van der Waals surface area contributed by atoms with E-state index in [1.807, 2.05) is 0 Å². The van der Waals surface area contributed by atoms with E-state index < -0.39 is 0 Å². The number of hydrogen-bond acceptors (Lipinski definition) is 1. The van der Waals surface area contributed by atoms with Crippen LogP contribution in [0.3, 0.4) is 0 Å². The molecule has 0 spiro atoms. The van der Waals surface area contributed by atoms with Gasteiger partial charge in [-0.3, -0.25) is 4.99 Å². The maximum Gasteiger partial charge on any atom is 0.0496 e. The summed E-state index contributed by atoms with van der Waals surface area (Å²) in [6, 6.07) is 0.655. The molecule has 2 atom stereocenters. The smallest absolute Gasteiger partial charge is 0.0496 e. The molecule has 1 heterocycles. The van der Waals surface area contributed by atoms with Gasteiger partial charge in [0.1, 0.15) is 0 Å². The largest absolute Gasteiger partial charge is 0.294 e. The molecule has 0 aliphatic carbocycles. The van der Waals surface area contributed by atoms with Crippen LogP contribution in [0, 0.1) is 5.92 Å². The highest BCUT2D eigenvalue weighted by molar-refractivity contribution is 5.61. The zero-order chi connectivity index (χ0) is 8.10. The van der Waals surface area contributed by atoms with Crippen molar-refractivity contribution in [2.45, 2.75) is 52.0 Å². The summed E-state index contributed by atoms with van der Waals surface area (Å²) in [5, 5.41) is 0. The van der Waals surface area contributed by atoms with E-state index in [1.165, 1.54) is 32.1 Å². The fourth-order valence-corrected chi connectivity index (χ4v) is 1.66. The lowest BCUT2D eigenvalue weighted by Crippen LogP contribution is -2.15. The molecule has 0 N–H and O–H groups in total. The second-order valence-electron chi connectivity index (χ2n) is 3.49. The van der Waals surface area contributed by atoms with Crippen molar-refractivity contribution >= 4 is 6.21 Å². The first-order chi connectivity index (χ1) is 5.36. The lowest BCUT2D eigenvalue weighted by atomic mass is 9.94. The molecule has 64 valence electrons. The molecule has 0 aromatic rings. The highest BCUT2D eigenvalue weighted by Crippen LogP contribution is 2.20. The Balaban J connectivity index is 2.30. The molecule has 0 bridgehead atoms. The predicted molar refractivity (Wildman–Crippen MR) is 50.2 cm³/mol. The van der Waals surface area contributed by atoms with Crippen LogP contribution >= 0.6 is 0 Å². The lowest BCUT2D eigenvalue weighted by Gasteiger charge is -2.20. The van der Waals surface area contributed by atoms with Crippen molar-refractivity contribution in [3.63, 3.8) is 0 Å². The number of rotatable bonds is 3. The van der Waals surface area contributed by atoms with Crippen molar-refractivity contribution in [2.24, 2.45) is 10.9 Å². The van der Waals surface area contributed by atoms with E-state index in [0.717, 1.165) is 5.92 Å². The Bertz CT molecular complexity index is 129. The van der Waals surface area contributed by atoms with Crippen molar-refractivity contribution in [3.05, 3.63) is 0 Å². The Kier molecular flexibility index (Phi) is 3.61. The Hall–Kier alpha value is -0.330. The van der Waals surface area contributed by atoms with Gasteiger partial charge in [0.15, 0.2) is 0 Å². The molecule has 1 unspecified atom stereocenters. The van der Waals surface area contributed by atoms with E-state index in [4.69, 9.17) is 0 Å². The zero-order valence-electron chi connectivity index (χ0n) is 7.71. The van der Waals surface area contributed by atoms with Crippen molar-refractivity contribution in [2.75, 3.05) is 0 Å². The van der Waals surface area contributed by atoms with Crippen LogP contribution in [0.25, 0.3) is 0 Å². The average molecular weight is 153 g/mol. The second kappa shape index (κ2) is 4.53. The van der Waals surface area contributed by atoms with E-state index >= 15 is 0 Å². The third-order valence-electron chi connectivity index (χ3n) is 2.52. The summed E-state index contributed by atoms with van der Waals surface area (Å²) in [5.41, 5.74) is 0. The molecule has 0 radical (unpaired) electrons. The standard InChI is InChI=1S/C10H19N/c1-3-5-10-7-6-9(4-2)8-11-10/h8-10H,3-7H2,1-2H3/t9?,10-/m0/s1. The third-order valence-corrected chi connectivity index (χ3v) is 2.52. The molecule has 1 nitrogen and oxygen atoms in total. The lowest BCUT2D eigenvalue weighted by molar-refractivity contribution is 0.466. The third kappa shape index (κ3) is 2.64. The van der Waals surface area contributed by atoms with Gasteiger partial charge in [-0.15, -0.1) is 0 Å². The summed E-state index contributed by atoms with van der Waals surface area (Å²) in [6.45, 7) is 4.48. The van der Waals surface area contributed by atoms with Crippen LogP contribution in [0.15, 0.2) is 4.99 Å². The van der Waals surface area contributed by atoms with Gasteiger partial charge < -0.3 is 0 Å². The van der Waals surface area contributed by atoms with Crippen LogP contribution in [-0.4, -0.2) is 12.3 Å². The van der Waals surface area contributed by atoms with Crippen molar-refractivity contribution < 1.29 is 0 Å². The Labute approximate surface area is 69.9 Å². The summed E-state index contributed by atoms with van der Waals surface area (Å²) in [7, 11) is 0. The van der Waals surface area contributed by atoms with Gasteiger partial charge in [0.25, 0.3) is 0 Å². The van der Waals surface area contributed by atoms with Crippen LogP contribution < -0.4 is 0 Å². The molecular formula is C10H19N. The molecule has 1 heteroatoms. The molecule has 0 aromatic heterocycles. The quantitative estimate of drug-likeness (QED) is 0.591. The van der Waals surface area contributed by atoms with Gasteiger partial charge in [0, 0.05) is 12.3 Å². The Morgan fingerprint density at radius 3 is 2.64 bits per heavy atom. The fourth-order valence-electron chi connectivity index (χ4n) is 1.66. The van der Waals surface area contributed by atoms with E-state index in [9.17, 15) is 0 Å². The Morgan fingerprint density at radius 1 is 1.36 bits per heavy atom. The zero-order valence-corrected chi connectivity index (χ0v) is 7.71. The summed E-state index contributed by atoms with van der Waals surface area (Å²) in [6.07, 6.45) is 8.70. The van der Waals surface area contributed by atoms with Crippen LogP contribution in [-0.2, 0) is 0 Å². The minimum Gasteiger partial charge on any atom is -0.294 e. The van der Waals surface area contributed by atoms with E-state index in [2.05, 4.69) is 25.1 Å². The SMILES string of the molecule is CCC[C@H]1CCC(CC)C=N1. The molecule has 1 aliphatic heterocycles. The molecule has 0 fully saturated rings. The summed E-state index contributed by atoms with van der Waals surface area (Å²) >= 11 is 0. The Morgan fingerprint density at radius 2 is 2.18 bits per heavy atom. The molecule has 0 aromatic carbocycles. The fraction of sp³-hybridized carbons (Fsp3) is 0.900. The van der Waals surface area contributed by atoms with Gasteiger partial charge in [-0.1, -0.05) is 20.3 Å². The van der Waals surface area contributed by atoms with Gasteiger partial charge >= 0.3 is 0 Å². The monoisotopic (exact) mass is 153 g/mol. The maximum absolute atomic E-state index is 4.55. The highest BCUT2D eigenvalue weighted by Gasteiger charge is 2.13. The second-order valence-corrected chi connectivity index (χ2v) is 3.49. The van der Waals surface area contributed by atoms with Gasteiger partial charge in [-0.25, -0.2) is 0 Å². The molecule has 0 amide bonds. The molecule has 1 aliphatic rings. The van der Waals surface area contributed by atoms with Crippen LogP contribution in [0.5, 0.6) is 0 Å². The normalized spacial score (nSPS) is 30.7. The first-order valence-corrected chi connectivity index (χ1v) is 4.90. The molecule has 0 saturated heterocycles. The van der Waals surface area contributed by atoms with Crippen LogP contribution in [0.2, 0.25) is 0 Å². The highest BCUT2D eigenvalue weighted by atomic mass is 14.8. The summed E-state index contributed by atoms with van der Waals surface area (Å²) in [5.74, 6) is 0.781.